The molecule has 0 bridgehead atoms. The first-order valence-corrected chi connectivity index (χ1v) is 9.98. The number of nitrogens with one attached hydrogen (secondary N) is 2. The smallest absolute Gasteiger partial charge is 0.274 e. The highest BCUT2D eigenvalue weighted by molar-refractivity contribution is 6.30. The van der Waals surface area contributed by atoms with Gasteiger partial charge in [-0.15, -0.1) is 0 Å². The molecule has 6 nitrogen and oxygen atoms in total. The Bertz CT molecular complexity index is 1220. The Morgan fingerprint density at radius 2 is 1.55 bits per heavy atom. The van der Waals surface area contributed by atoms with Crippen molar-refractivity contribution < 1.29 is 9.59 Å². The number of aromatic nitrogens is 2. The van der Waals surface area contributed by atoms with Gasteiger partial charge in [-0.05, 0) is 54.6 Å². The summed E-state index contributed by atoms with van der Waals surface area (Å²) in [5.74, 6) is -0.503. The summed E-state index contributed by atoms with van der Waals surface area (Å²) in [6, 6.07) is 25.2. The summed E-state index contributed by atoms with van der Waals surface area (Å²) in [6.45, 7) is 0. The normalized spacial score (nSPS) is 10.5. The minimum atomic E-state index is -0.316. The number of benzene rings is 3. The lowest BCUT2D eigenvalue weighted by Crippen LogP contribution is -2.18. The summed E-state index contributed by atoms with van der Waals surface area (Å²) < 4.78 is 1.61. The lowest BCUT2D eigenvalue weighted by Gasteiger charge is -2.09. The third-order valence-electron chi connectivity index (χ3n) is 4.71. The van der Waals surface area contributed by atoms with Crippen LogP contribution in [0.5, 0.6) is 0 Å². The molecule has 0 saturated carbocycles. The molecule has 0 aliphatic rings. The molecule has 0 aliphatic carbocycles. The molecule has 2 N–H and O–H groups in total. The predicted molar refractivity (Wildman–Crippen MR) is 122 cm³/mol. The van der Waals surface area contributed by atoms with Crippen molar-refractivity contribution in [2.75, 3.05) is 12.4 Å². The van der Waals surface area contributed by atoms with E-state index in [-0.39, 0.29) is 11.8 Å². The summed E-state index contributed by atoms with van der Waals surface area (Å²) in [6.07, 6.45) is 0. The van der Waals surface area contributed by atoms with Crippen LogP contribution < -0.4 is 10.6 Å². The molecule has 0 saturated heterocycles. The fourth-order valence-corrected chi connectivity index (χ4v) is 3.24. The molecule has 31 heavy (non-hydrogen) atoms. The number of nitrogens with zero attached hydrogens (tertiary/aromatic N) is 2. The number of carbonyl (C=O) groups is 2. The quantitative estimate of drug-likeness (QED) is 0.477. The Morgan fingerprint density at radius 1 is 0.871 bits per heavy atom. The molecule has 1 aromatic heterocycles. The van der Waals surface area contributed by atoms with Crippen LogP contribution in [0.4, 0.5) is 5.69 Å². The monoisotopic (exact) mass is 430 g/mol. The van der Waals surface area contributed by atoms with Gasteiger partial charge in [0, 0.05) is 28.9 Å². The molecular weight excluding hydrogens is 412 g/mol. The van der Waals surface area contributed by atoms with Crippen LogP contribution in [0.1, 0.15) is 20.8 Å². The number of rotatable bonds is 5. The zero-order chi connectivity index (χ0) is 21.8. The first kappa shape index (κ1) is 20.4. The topological polar surface area (TPSA) is 76.0 Å². The van der Waals surface area contributed by atoms with Crippen LogP contribution >= 0.6 is 11.6 Å². The summed E-state index contributed by atoms with van der Waals surface area (Å²) in [5.41, 5.74) is 3.74. The third-order valence-corrected chi connectivity index (χ3v) is 4.97. The first-order chi connectivity index (χ1) is 15.0. The molecule has 7 heteroatoms. The van der Waals surface area contributed by atoms with Crippen molar-refractivity contribution in [2.45, 2.75) is 0 Å². The van der Waals surface area contributed by atoms with Crippen molar-refractivity contribution in [2.24, 2.45) is 0 Å². The lowest BCUT2D eigenvalue weighted by atomic mass is 10.1. The van der Waals surface area contributed by atoms with Gasteiger partial charge in [0.1, 0.15) is 5.69 Å². The van der Waals surface area contributed by atoms with Gasteiger partial charge in [-0.1, -0.05) is 41.9 Å². The van der Waals surface area contributed by atoms with Crippen LogP contribution in [0.2, 0.25) is 5.02 Å². The maximum Gasteiger partial charge on any atom is 0.274 e. The zero-order valence-corrected chi connectivity index (χ0v) is 17.4. The summed E-state index contributed by atoms with van der Waals surface area (Å²) in [5, 5.41) is 10.7. The fraction of sp³-hybridized carbons (Fsp3) is 0.0417. The maximum atomic E-state index is 13.1. The van der Waals surface area contributed by atoms with E-state index in [2.05, 4.69) is 15.7 Å². The van der Waals surface area contributed by atoms with Crippen LogP contribution in [-0.4, -0.2) is 28.6 Å². The average molecular weight is 431 g/mol. The van der Waals surface area contributed by atoms with Gasteiger partial charge < -0.3 is 10.6 Å². The molecule has 0 unspecified atom stereocenters. The largest absolute Gasteiger partial charge is 0.355 e. The molecule has 0 radical (unpaired) electrons. The minimum absolute atomic E-state index is 0.187. The maximum absolute atomic E-state index is 13.1. The van der Waals surface area contributed by atoms with Gasteiger partial charge >= 0.3 is 0 Å². The van der Waals surface area contributed by atoms with E-state index in [9.17, 15) is 9.59 Å². The van der Waals surface area contributed by atoms with Crippen LogP contribution in [-0.2, 0) is 0 Å². The number of hydrogen-bond acceptors (Lipinski definition) is 3. The SMILES string of the molecule is CNC(=O)c1ccc(NC(=O)c2cc(-c3ccc(Cl)cc3)nn2-c2ccccc2)cc1. The van der Waals surface area contributed by atoms with E-state index >= 15 is 0 Å². The minimum Gasteiger partial charge on any atom is -0.355 e. The van der Waals surface area contributed by atoms with Crippen molar-refractivity contribution in [3.63, 3.8) is 0 Å². The Hall–Kier alpha value is -3.90. The van der Waals surface area contributed by atoms with Crippen molar-refractivity contribution in [3.05, 3.63) is 101 Å². The lowest BCUT2D eigenvalue weighted by molar-refractivity contribution is 0.0962. The average Bonchev–Trinajstić information content (AvgIpc) is 3.26. The summed E-state index contributed by atoms with van der Waals surface area (Å²) in [7, 11) is 1.57. The van der Waals surface area contributed by atoms with Crippen molar-refractivity contribution in [3.8, 4) is 16.9 Å². The Balaban J connectivity index is 1.68. The Kier molecular flexibility index (Phi) is 5.82. The van der Waals surface area contributed by atoms with Crippen molar-refractivity contribution >= 4 is 29.1 Å². The second-order valence-corrected chi connectivity index (χ2v) is 7.22. The number of amides is 2. The molecule has 1 heterocycles. The van der Waals surface area contributed by atoms with E-state index in [4.69, 9.17) is 11.6 Å². The molecule has 0 fully saturated rings. The molecule has 2 amide bonds. The third kappa shape index (κ3) is 4.49. The second-order valence-electron chi connectivity index (χ2n) is 6.78. The van der Waals surface area contributed by atoms with Crippen molar-refractivity contribution in [1.82, 2.24) is 15.1 Å². The zero-order valence-electron chi connectivity index (χ0n) is 16.7. The molecule has 3 aromatic carbocycles. The number of anilines is 1. The van der Waals surface area contributed by atoms with Crippen LogP contribution in [0, 0.1) is 0 Å². The number of carbonyl (C=O) groups excluding carboxylic acids is 2. The standard InChI is InChI=1S/C24H19ClN4O2/c1-26-23(30)17-9-13-19(14-10-17)27-24(31)22-15-21(16-7-11-18(25)12-8-16)28-29(22)20-5-3-2-4-6-20/h2-15H,1H3,(H,26,30)(H,27,31). The van der Waals surface area contributed by atoms with Gasteiger partial charge in [-0.2, -0.15) is 5.10 Å². The molecule has 0 spiro atoms. The number of para-hydroxylation sites is 1. The van der Waals surface area contributed by atoms with E-state index in [0.717, 1.165) is 11.3 Å². The van der Waals surface area contributed by atoms with Crippen molar-refractivity contribution in [1.29, 1.82) is 0 Å². The Morgan fingerprint density at radius 3 is 2.19 bits per heavy atom. The van der Waals surface area contributed by atoms with Crippen LogP contribution in [0.15, 0.2) is 84.9 Å². The number of hydrogen-bond donors (Lipinski definition) is 2. The van der Waals surface area contributed by atoms with Gasteiger partial charge in [-0.25, -0.2) is 4.68 Å². The Labute approximate surface area is 184 Å². The van der Waals surface area contributed by atoms with Gasteiger partial charge in [0.05, 0.1) is 11.4 Å². The van der Waals surface area contributed by atoms with Gasteiger partial charge in [0.2, 0.25) is 0 Å². The highest BCUT2D eigenvalue weighted by Crippen LogP contribution is 2.24. The summed E-state index contributed by atoms with van der Waals surface area (Å²) >= 11 is 6.00. The molecule has 4 rings (SSSR count). The van der Waals surface area contributed by atoms with Crippen LogP contribution in [0.25, 0.3) is 16.9 Å². The molecule has 154 valence electrons. The van der Waals surface area contributed by atoms with E-state index in [1.54, 1.807) is 54.2 Å². The van der Waals surface area contributed by atoms with Gasteiger partial charge in [0.25, 0.3) is 11.8 Å². The highest BCUT2D eigenvalue weighted by atomic mass is 35.5. The first-order valence-electron chi connectivity index (χ1n) is 9.60. The summed E-state index contributed by atoms with van der Waals surface area (Å²) in [4.78, 5) is 24.8. The second kappa shape index (κ2) is 8.85. The van der Waals surface area contributed by atoms with E-state index < -0.39 is 0 Å². The highest BCUT2D eigenvalue weighted by Gasteiger charge is 2.18. The van der Waals surface area contributed by atoms with E-state index in [1.165, 1.54) is 0 Å². The predicted octanol–water partition coefficient (Wildman–Crippen LogP) is 4.80. The van der Waals surface area contributed by atoms with Gasteiger partial charge in [0.15, 0.2) is 0 Å². The molecular formula is C24H19ClN4O2. The number of halogens is 1. The molecule has 0 aliphatic heterocycles. The molecule has 4 aromatic rings. The van der Waals surface area contributed by atoms with E-state index in [0.29, 0.717) is 27.7 Å². The van der Waals surface area contributed by atoms with E-state index in [1.807, 2.05) is 42.5 Å². The van der Waals surface area contributed by atoms with Crippen LogP contribution in [0.3, 0.4) is 0 Å². The fourth-order valence-electron chi connectivity index (χ4n) is 3.11. The molecule has 0 atom stereocenters. The van der Waals surface area contributed by atoms with Gasteiger partial charge in [-0.3, -0.25) is 9.59 Å².